The third-order valence-electron chi connectivity index (χ3n) is 4.45. The summed E-state index contributed by atoms with van der Waals surface area (Å²) in [5.41, 5.74) is 2.10. The molecule has 2 amide bonds. The number of rotatable bonds is 3. The minimum atomic E-state index is -0.837. The van der Waals surface area contributed by atoms with Gasteiger partial charge in [0.25, 0.3) is 0 Å². The Morgan fingerprint density at radius 1 is 1.23 bits per heavy atom. The number of hydrogen-bond donors (Lipinski definition) is 2. The number of carbonyl (C=O) groups is 2. The van der Waals surface area contributed by atoms with Crippen molar-refractivity contribution in [2.45, 2.75) is 12.5 Å². The first-order valence-corrected chi connectivity index (χ1v) is 8.38. The molecule has 1 fully saturated rings. The van der Waals surface area contributed by atoms with E-state index in [0.717, 1.165) is 11.0 Å². The number of imidazole rings is 1. The van der Waals surface area contributed by atoms with Crippen molar-refractivity contribution in [1.29, 1.82) is 0 Å². The molecular formula is C19H17FN4O2. The van der Waals surface area contributed by atoms with Crippen molar-refractivity contribution in [3.8, 4) is 0 Å². The Morgan fingerprint density at radius 3 is 2.88 bits per heavy atom. The third-order valence-corrected chi connectivity index (χ3v) is 4.45. The van der Waals surface area contributed by atoms with Crippen molar-refractivity contribution in [2.75, 3.05) is 13.1 Å². The minimum absolute atomic E-state index is 0.0494. The van der Waals surface area contributed by atoms with Crippen LogP contribution in [0, 0.1) is 5.82 Å². The lowest BCUT2D eigenvalue weighted by molar-refractivity contribution is -0.143. The predicted octanol–water partition coefficient (Wildman–Crippen LogP) is 1.94. The lowest BCUT2D eigenvalue weighted by Gasteiger charge is -2.35. The molecule has 4 rings (SSSR count). The largest absolute Gasteiger partial charge is 0.352 e. The smallest absolute Gasteiger partial charge is 0.247 e. The summed E-state index contributed by atoms with van der Waals surface area (Å²) in [4.78, 5) is 34.2. The molecule has 0 aliphatic carbocycles. The number of H-pyrrole nitrogens is 1. The van der Waals surface area contributed by atoms with E-state index < -0.39 is 11.9 Å². The van der Waals surface area contributed by atoms with Gasteiger partial charge >= 0.3 is 0 Å². The van der Waals surface area contributed by atoms with Gasteiger partial charge in [-0.1, -0.05) is 24.3 Å². The number of nitrogens with one attached hydrogen (secondary N) is 2. The highest BCUT2D eigenvalue weighted by atomic mass is 19.1. The molecule has 1 aliphatic rings. The quantitative estimate of drug-likeness (QED) is 0.756. The summed E-state index contributed by atoms with van der Waals surface area (Å²) in [7, 11) is 0. The van der Waals surface area contributed by atoms with Gasteiger partial charge in [-0.25, -0.2) is 9.37 Å². The van der Waals surface area contributed by atoms with Crippen LogP contribution in [-0.4, -0.2) is 39.8 Å². The number of aromatic nitrogens is 2. The summed E-state index contributed by atoms with van der Waals surface area (Å²) < 4.78 is 13.6. The number of hydrogen-bond acceptors (Lipinski definition) is 3. The Kier molecular flexibility index (Phi) is 4.12. The fourth-order valence-corrected chi connectivity index (χ4v) is 3.28. The van der Waals surface area contributed by atoms with Gasteiger partial charge < -0.3 is 15.2 Å². The number of halogens is 1. The molecule has 1 aliphatic heterocycles. The molecule has 0 saturated carbocycles. The highest BCUT2D eigenvalue weighted by Gasteiger charge is 2.34. The zero-order valence-electron chi connectivity index (χ0n) is 13.9. The first kappa shape index (κ1) is 16.3. The molecule has 7 heteroatoms. The average molecular weight is 352 g/mol. The molecule has 0 bridgehead atoms. The van der Waals surface area contributed by atoms with E-state index in [1.807, 2.05) is 24.3 Å². The fourth-order valence-electron chi connectivity index (χ4n) is 3.28. The maximum absolute atomic E-state index is 13.6. The first-order chi connectivity index (χ1) is 12.6. The monoisotopic (exact) mass is 352 g/mol. The summed E-state index contributed by atoms with van der Waals surface area (Å²) in [5, 5.41) is 2.74. The predicted molar refractivity (Wildman–Crippen MR) is 93.7 cm³/mol. The molecule has 1 aromatic heterocycles. The van der Waals surface area contributed by atoms with E-state index in [0.29, 0.717) is 24.5 Å². The van der Waals surface area contributed by atoms with Crippen LogP contribution in [0.15, 0.2) is 48.5 Å². The number of fused-ring (bicyclic) bond motifs is 1. The van der Waals surface area contributed by atoms with Gasteiger partial charge in [0, 0.05) is 13.1 Å². The number of aromatic amines is 1. The molecule has 0 unspecified atom stereocenters. The summed E-state index contributed by atoms with van der Waals surface area (Å²) in [6.45, 7) is 0.739. The molecule has 2 aromatic carbocycles. The van der Waals surface area contributed by atoms with E-state index in [1.54, 1.807) is 6.07 Å². The Hall–Kier alpha value is -3.22. The molecule has 1 atom stereocenters. The summed E-state index contributed by atoms with van der Waals surface area (Å²) >= 11 is 0. The van der Waals surface area contributed by atoms with Crippen LogP contribution in [0.25, 0.3) is 11.0 Å². The van der Waals surface area contributed by atoms with E-state index >= 15 is 0 Å². The van der Waals surface area contributed by atoms with E-state index in [2.05, 4.69) is 15.3 Å². The van der Waals surface area contributed by atoms with Crippen LogP contribution >= 0.6 is 0 Å². The Morgan fingerprint density at radius 2 is 2.08 bits per heavy atom. The van der Waals surface area contributed by atoms with E-state index in [1.165, 1.54) is 23.1 Å². The molecule has 6 nitrogen and oxygen atoms in total. The van der Waals surface area contributed by atoms with Crippen LogP contribution in [0.3, 0.4) is 0 Å². The normalized spacial score (nSPS) is 17.3. The summed E-state index contributed by atoms with van der Waals surface area (Å²) in [5.74, 6) is -0.432. The van der Waals surface area contributed by atoms with E-state index in [-0.39, 0.29) is 18.2 Å². The van der Waals surface area contributed by atoms with Gasteiger partial charge in [-0.15, -0.1) is 0 Å². The molecule has 132 valence electrons. The lowest BCUT2D eigenvalue weighted by atomic mass is 10.0. The van der Waals surface area contributed by atoms with Gasteiger partial charge in [0.1, 0.15) is 17.7 Å². The van der Waals surface area contributed by atoms with Gasteiger partial charge in [0.05, 0.1) is 17.5 Å². The molecule has 26 heavy (non-hydrogen) atoms. The third kappa shape index (κ3) is 3.03. The van der Waals surface area contributed by atoms with Crippen LogP contribution in [0.4, 0.5) is 4.39 Å². The van der Waals surface area contributed by atoms with E-state index in [4.69, 9.17) is 0 Å². The van der Waals surface area contributed by atoms with E-state index in [9.17, 15) is 14.0 Å². The topological polar surface area (TPSA) is 78.1 Å². The standard InChI is InChI=1S/C19H17FN4O2/c20-13-5-3-4-12(10-13)18-19(26)21-8-9-24(18)17(25)11-16-22-14-6-1-2-7-15(14)23-16/h1-7,10,18H,8-9,11H2,(H,21,26)(H,22,23)/t18-/m1/s1. The Labute approximate surface area is 149 Å². The molecule has 0 radical (unpaired) electrons. The van der Waals surface area contributed by atoms with Crippen LogP contribution in [0.2, 0.25) is 0 Å². The number of piperazine rings is 1. The van der Waals surface area contributed by atoms with Crippen molar-refractivity contribution < 1.29 is 14.0 Å². The second-order valence-corrected chi connectivity index (χ2v) is 6.21. The number of amides is 2. The summed E-state index contributed by atoms with van der Waals surface area (Å²) in [6.07, 6.45) is 0.0494. The fraction of sp³-hybridized carbons (Fsp3) is 0.211. The number of para-hydroxylation sites is 2. The van der Waals surface area contributed by atoms with Gasteiger partial charge in [-0.3, -0.25) is 9.59 Å². The SMILES string of the molecule is O=C1NCCN(C(=O)Cc2nc3ccccc3[nH]2)[C@@H]1c1cccc(F)c1. The Balaban J connectivity index is 1.60. The van der Waals surface area contributed by atoms with Crippen molar-refractivity contribution in [3.05, 3.63) is 65.7 Å². The lowest BCUT2D eigenvalue weighted by Crippen LogP contribution is -2.52. The van der Waals surface area contributed by atoms with Crippen LogP contribution in [-0.2, 0) is 16.0 Å². The first-order valence-electron chi connectivity index (χ1n) is 8.38. The molecule has 0 spiro atoms. The highest BCUT2D eigenvalue weighted by Crippen LogP contribution is 2.25. The average Bonchev–Trinajstić information content (AvgIpc) is 3.03. The maximum Gasteiger partial charge on any atom is 0.247 e. The number of nitrogens with zero attached hydrogens (tertiary/aromatic N) is 2. The minimum Gasteiger partial charge on any atom is -0.352 e. The van der Waals surface area contributed by atoms with Crippen molar-refractivity contribution in [3.63, 3.8) is 0 Å². The van der Waals surface area contributed by atoms with Crippen molar-refractivity contribution >= 4 is 22.8 Å². The van der Waals surface area contributed by atoms with Gasteiger partial charge in [-0.05, 0) is 29.8 Å². The van der Waals surface area contributed by atoms with Crippen molar-refractivity contribution in [2.24, 2.45) is 0 Å². The molecule has 2 N–H and O–H groups in total. The highest BCUT2D eigenvalue weighted by molar-refractivity contribution is 5.90. The zero-order valence-corrected chi connectivity index (χ0v) is 13.9. The van der Waals surface area contributed by atoms with Crippen LogP contribution < -0.4 is 5.32 Å². The second kappa shape index (κ2) is 6.59. The molecule has 1 saturated heterocycles. The maximum atomic E-state index is 13.6. The second-order valence-electron chi connectivity index (χ2n) is 6.21. The van der Waals surface area contributed by atoms with Crippen LogP contribution in [0.5, 0.6) is 0 Å². The van der Waals surface area contributed by atoms with Crippen LogP contribution in [0.1, 0.15) is 17.4 Å². The molecule has 3 aromatic rings. The molecule has 2 heterocycles. The molecular weight excluding hydrogens is 335 g/mol. The number of benzene rings is 2. The van der Waals surface area contributed by atoms with Gasteiger partial charge in [0.2, 0.25) is 11.8 Å². The van der Waals surface area contributed by atoms with Gasteiger partial charge in [0.15, 0.2) is 0 Å². The summed E-state index contributed by atoms with van der Waals surface area (Å²) in [6, 6.07) is 12.5. The Bertz CT molecular complexity index is 951. The zero-order chi connectivity index (χ0) is 18.1. The van der Waals surface area contributed by atoms with Gasteiger partial charge in [-0.2, -0.15) is 0 Å². The number of carbonyl (C=O) groups excluding carboxylic acids is 2. The van der Waals surface area contributed by atoms with Crippen molar-refractivity contribution in [1.82, 2.24) is 20.2 Å².